The zero-order chi connectivity index (χ0) is 26.5. The summed E-state index contributed by atoms with van der Waals surface area (Å²) >= 11 is 0. The highest BCUT2D eigenvalue weighted by Gasteiger charge is 2.24. The lowest BCUT2D eigenvalue weighted by Gasteiger charge is -2.34. The van der Waals surface area contributed by atoms with Crippen molar-refractivity contribution in [3.8, 4) is 0 Å². The molecule has 0 unspecified atom stereocenters. The van der Waals surface area contributed by atoms with Crippen molar-refractivity contribution in [1.29, 1.82) is 0 Å². The maximum Gasteiger partial charge on any atom is 0.220 e. The van der Waals surface area contributed by atoms with E-state index in [4.69, 9.17) is 0 Å². The van der Waals surface area contributed by atoms with Crippen LogP contribution < -0.4 is 15.9 Å². The topological polar surface area (TPSA) is 86.3 Å². The zero-order valence-electron chi connectivity index (χ0n) is 22.2. The van der Waals surface area contributed by atoms with Crippen LogP contribution in [0.1, 0.15) is 48.0 Å². The van der Waals surface area contributed by atoms with Gasteiger partial charge in [0.2, 0.25) is 5.91 Å². The van der Waals surface area contributed by atoms with Crippen LogP contribution in [0.5, 0.6) is 0 Å². The van der Waals surface area contributed by atoms with Gasteiger partial charge in [-0.05, 0) is 66.2 Å². The molecule has 0 aliphatic rings. The van der Waals surface area contributed by atoms with Gasteiger partial charge in [0.15, 0.2) is 0 Å². The normalized spacial score (nSPS) is 12.1. The number of hydrogen-bond donors (Lipinski definition) is 1. The van der Waals surface area contributed by atoms with Crippen LogP contribution in [0.3, 0.4) is 0 Å². The number of nitrogens with zero attached hydrogens (tertiary/aromatic N) is 1. The highest BCUT2D eigenvalue weighted by Crippen LogP contribution is 2.34. The first-order valence-electron chi connectivity index (χ1n) is 12.4. The number of carbonyl (C=O) groups excluding carboxylic acids is 1. The van der Waals surface area contributed by atoms with Crippen molar-refractivity contribution in [2.24, 2.45) is 0 Å². The van der Waals surface area contributed by atoms with Gasteiger partial charge in [0.1, 0.15) is 0 Å². The number of amides is 1. The number of benzene rings is 2. The van der Waals surface area contributed by atoms with Crippen molar-refractivity contribution in [3.05, 3.63) is 60.7 Å². The molecule has 2 aromatic rings. The molecule has 0 fully saturated rings. The minimum absolute atomic E-state index is 0.252. The highest BCUT2D eigenvalue weighted by atomic mass is 32.2. The summed E-state index contributed by atoms with van der Waals surface area (Å²) in [5, 5.41) is 5.03. The van der Waals surface area contributed by atoms with Crippen LogP contribution in [0.25, 0.3) is 0 Å². The van der Waals surface area contributed by atoms with E-state index in [1.165, 1.54) is 55.1 Å². The summed E-state index contributed by atoms with van der Waals surface area (Å²) < 4.78 is 34.2. The fraction of sp³-hybridized carbons (Fsp3) is 0.519. The van der Waals surface area contributed by atoms with E-state index in [2.05, 4.69) is 57.3 Å². The molecule has 0 saturated heterocycles. The summed E-state index contributed by atoms with van der Waals surface area (Å²) in [7, 11) is -5.10. The summed E-state index contributed by atoms with van der Waals surface area (Å²) in [5.41, 5.74) is -1.08. The van der Waals surface area contributed by atoms with E-state index in [1.807, 2.05) is 36.4 Å². The summed E-state index contributed by atoms with van der Waals surface area (Å²) in [4.78, 5) is 12.3. The van der Waals surface area contributed by atoms with Crippen LogP contribution in [0, 0.1) is 0 Å². The average molecular weight is 523 g/mol. The molecule has 0 spiro atoms. The van der Waals surface area contributed by atoms with Gasteiger partial charge in [0.25, 0.3) is 0 Å². The molecule has 0 bridgehead atoms. The van der Waals surface area contributed by atoms with Gasteiger partial charge >= 0.3 is 0 Å². The van der Waals surface area contributed by atoms with Gasteiger partial charge in [-0.3, -0.25) is 4.79 Å². The summed E-state index contributed by atoms with van der Waals surface area (Å²) in [6.45, 7) is 17.3. The molecule has 2 aromatic carbocycles. The third-order valence-electron chi connectivity index (χ3n) is 6.40. The zero-order valence-corrected chi connectivity index (χ0v) is 23.9. The molecule has 2 rings (SSSR count). The molecule has 196 valence electrons. The maximum atomic E-state index is 12.3. The Kier molecular flexibility index (Phi) is 13.1. The van der Waals surface area contributed by atoms with Gasteiger partial charge in [0, 0.05) is 12.0 Å². The third-order valence-corrected chi connectivity index (χ3v) is 9.99. The van der Waals surface area contributed by atoms with Crippen molar-refractivity contribution in [3.63, 3.8) is 0 Å². The Hall–Kier alpha value is -1.79. The molecule has 35 heavy (non-hydrogen) atoms. The van der Waals surface area contributed by atoms with Crippen molar-refractivity contribution in [1.82, 2.24) is 5.32 Å². The van der Waals surface area contributed by atoms with E-state index in [0.29, 0.717) is 6.16 Å². The molecule has 1 amide bonds. The average Bonchev–Trinajstić information content (AvgIpc) is 2.81. The second-order valence-corrected chi connectivity index (χ2v) is 13.1. The fourth-order valence-electron chi connectivity index (χ4n) is 4.10. The number of rotatable bonds is 12. The second-order valence-electron chi connectivity index (χ2n) is 9.31. The van der Waals surface area contributed by atoms with Gasteiger partial charge in [-0.1, -0.05) is 60.7 Å². The van der Waals surface area contributed by atoms with Gasteiger partial charge < -0.3 is 14.4 Å². The predicted octanol–water partition coefficient (Wildman–Crippen LogP) is 3.83. The molecule has 1 N–H and O–H groups in total. The molecule has 8 heteroatoms. The summed E-state index contributed by atoms with van der Waals surface area (Å²) in [6, 6.07) is 20.1. The fourth-order valence-corrected chi connectivity index (χ4v) is 7.36. The van der Waals surface area contributed by atoms with E-state index in [-0.39, 0.29) is 12.3 Å². The maximum absolute atomic E-state index is 12.3. The second kappa shape index (κ2) is 14.7. The van der Waals surface area contributed by atoms with Crippen molar-refractivity contribution in [2.45, 2.75) is 53.5 Å². The molecule has 0 aromatic heterocycles. The quantitative estimate of drug-likeness (QED) is 0.261. The lowest BCUT2D eigenvalue weighted by Crippen LogP contribution is -2.48. The molecule has 0 aliphatic carbocycles. The van der Waals surface area contributed by atoms with Crippen LogP contribution in [-0.4, -0.2) is 67.0 Å². The Balaban J connectivity index is 0.000000579. The van der Waals surface area contributed by atoms with E-state index >= 15 is 0 Å². The SMILES string of the molecule is CC(C)(CS(=O)(=O)[O-])NC(=O)CCP(c1ccccc1)c1ccccc1.CC[N+](CC)(CC)CC. The Labute approximate surface area is 214 Å². The molecule has 0 heterocycles. The van der Waals surface area contributed by atoms with E-state index in [0.717, 1.165) is 0 Å². The first-order chi connectivity index (χ1) is 16.4. The van der Waals surface area contributed by atoms with Crippen LogP contribution in [0.2, 0.25) is 0 Å². The number of carbonyl (C=O) groups is 1. The van der Waals surface area contributed by atoms with E-state index in [9.17, 15) is 17.8 Å². The van der Waals surface area contributed by atoms with Crippen molar-refractivity contribution < 1.29 is 22.2 Å². The third kappa shape index (κ3) is 11.7. The Morgan fingerprint density at radius 2 is 1.26 bits per heavy atom. The summed E-state index contributed by atoms with van der Waals surface area (Å²) in [6.07, 6.45) is 0.910. The van der Waals surface area contributed by atoms with Crippen molar-refractivity contribution in [2.75, 3.05) is 38.1 Å². The largest absolute Gasteiger partial charge is 0.748 e. The number of hydrogen-bond acceptors (Lipinski definition) is 4. The molecular weight excluding hydrogens is 479 g/mol. The van der Waals surface area contributed by atoms with E-state index in [1.54, 1.807) is 0 Å². The van der Waals surface area contributed by atoms with Crippen molar-refractivity contribution >= 4 is 34.6 Å². The molecular formula is C27H43N2O4PS. The van der Waals surface area contributed by atoms with Crippen LogP contribution in [0.4, 0.5) is 0 Å². The van der Waals surface area contributed by atoms with Gasteiger partial charge in [-0.2, -0.15) is 0 Å². The lowest BCUT2D eigenvalue weighted by molar-refractivity contribution is -0.921. The van der Waals surface area contributed by atoms with E-state index < -0.39 is 29.3 Å². The molecule has 0 saturated carbocycles. The first-order valence-corrected chi connectivity index (χ1v) is 15.5. The number of quaternary nitrogens is 1. The highest BCUT2D eigenvalue weighted by molar-refractivity contribution is 7.85. The molecule has 0 radical (unpaired) electrons. The Morgan fingerprint density at radius 3 is 1.57 bits per heavy atom. The summed E-state index contributed by atoms with van der Waals surface area (Å²) in [5.74, 6) is -0.879. The lowest BCUT2D eigenvalue weighted by atomic mass is 10.1. The first kappa shape index (κ1) is 31.2. The van der Waals surface area contributed by atoms with Crippen LogP contribution >= 0.6 is 7.92 Å². The standard InChI is InChI=1S/C19H24NO4PS.C8H20N/c1-19(2,15-26(22,23)24)20-18(21)13-14-25(16-9-5-3-6-10-16)17-11-7-4-8-12-17;1-5-9(6-2,7-3)8-4/h3-12H,13-15H2,1-2H3,(H,20,21)(H,22,23,24);5-8H2,1-4H3/q;+1/p-1. The minimum Gasteiger partial charge on any atom is -0.748 e. The number of nitrogens with one attached hydrogen (secondary N) is 1. The minimum atomic E-state index is -4.41. The van der Waals surface area contributed by atoms with Gasteiger partial charge in [0.05, 0.1) is 42.1 Å². The van der Waals surface area contributed by atoms with Gasteiger partial charge in [-0.15, -0.1) is 0 Å². The smallest absolute Gasteiger partial charge is 0.220 e. The molecule has 6 nitrogen and oxygen atoms in total. The monoisotopic (exact) mass is 522 g/mol. The Bertz CT molecular complexity index is 922. The molecule has 0 aliphatic heterocycles. The van der Waals surface area contributed by atoms with Gasteiger partial charge in [-0.25, -0.2) is 8.42 Å². The molecule has 0 atom stereocenters. The Morgan fingerprint density at radius 1 is 0.857 bits per heavy atom. The van der Waals surface area contributed by atoms with Crippen LogP contribution in [-0.2, 0) is 14.9 Å². The van der Waals surface area contributed by atoms with Crippen LogP contribution in [0.15, 0.2) is 60.7 Å². The predicted molar refractivity (Wildman–Crippen MR) is 148 cm³/mol.